The van der Waals surface area contributed by atoms with E-state index in [2.05, 4.69) is 15.5 Å². The van der Waals surface area contributed by atoms with Gasteiger partial charge in [0.15, 0.2) is 5.16 Å². The maximum Gasteiger partial charge on any atom is 0.234 e. The van der Waals surface area contributed by atoms with Crippen molar-refractivity contribution in [1.29, 1.82) is 0 Å². The van der Waals surface area contributed by atoms with Gasteiger partial charge in [-0.25, -0.2) is 4.39 Å². The van der Waals surface area contributed by atoms with Crippen molar-refractivity contribution >= 4 is 23.4 Å². The van der Waals surface area contributed by atoms with E-state index in [1.165, 1.54) is 23.9 Å². The van der Waals surface area contributed by atoms with E-state index in [0.29, 0.717) is 18.2 Å². The van der Waals surface area contributed by atoms with Gasteiger partial charge < -0.3 is 15.6 Å². The number of nitrogens with zero attached hydrogens (tertiary/aromatic N) is 3. The molecule has 21 heavy (non-hydrogen) atoms. The minimum absolute atomic E-state index is 0.122. The standard InChI is InChI=1S/C13H16FN5OS/c1-9-17-18-13(19(9)7-6-15)21-8-12(20)16-11-5-3-2-4-10(11)14/h2-5H,6-8,15H2,1H3,(H,16,20). The third-order valence-corrected chi connectivity index (χ3v) is 3.70. The maximum atomic E-state index is 13.4. The molecule has 1 aromatic heterocycles. The molecule has 8 heteroatoms. The van der Waals surface area contributed by atoms with Crippen molar-refractivity contribution in [2.75, 3.05) is 17.6 Å². The van der Waals surface area contributed by atoms with Crippen LogP contribution in [-0.2, 0) is 11.3 Å². The molecule has 0 aliphatic heterocycles. The molecule has 2 aromatic rings. The predicted molar refractivity (Wildman–Crippen MR) is 79.6 cm³/mol. The maximum absolute atomic E-state index is 13.4. The fourth-order valence-corrected chi connectivity index (χ4v) is 2.54. The van der Waals surface area contributed by atoms with Crippen LogP contribution in [0.15, 0.2) is 29.4 Å². The highest BCUT2D eigenvalue weighted by Gasteiger charge is 2.12. The molecule has 112 valence electrons. The number of carbonyl (C=O) groups is 1. The summed E-state index contributed by atoms with van der Waals surface area (Å²) in [5, 5.41) is 11.1. The van der Waals surface area contributed by atoms with Crippen LogP contribution in [0.1, 0.15) is 5.82 Å². The average Bonchev–Trinajstić information content (AvgIpc) is 2.81. The van der Waals surface area contributed by atoms with Crippen molar-refractivity contribution in [2.24, 2.45) is 5.73 Å². The first-order chi connectivity index (χ1) is 10.1. The lowest BCUT2D eigenvalue weighted by Crippen LogP contribution is -2.16. The van der Waals surface area contributed by atoms with Gasteiger partial charge in [-0.05, 0) is 19.1 Å². The molecule has 1 heterocycles. The second-order valence-corrected chi connectivity index (χ2v) is 5.23. The quantitative estimate of drug-likeness (QED) is 0.788. The Morgan fingerprint density at radius 3 is 2.90 bits per heavy atom. The van der Waals surface area contributed by atoms with Gasteiger partial charge in [0.2, 0.25) is 5.91 Å². The normalized spacial score (nSPS) is 10.6. The molecule has 0 spiro atoms. The minimum atomic E-state index is -0.460. The molecule has 0 aliphatic carbocycles. The zero-order valence-corrected chi connectivity index (χ0v) is 12.4. The lowest BCUT2D eigenvalue weighted by Gasteiger charge is -2.07. The van der Waals surface area contributed by atoms with Crippen molar-refractivity contribution in [3.63, 3.8) is 0 Å². The molecule has 0 atom stereocenters. The summed E-state index contributed by atoms with van der Waals surface area (Å²) in [6.45, 7) is 2.89. The Morgan fingerprint density at radius 2 is 2.19 bits per heavy atom. The number of aromatic nitrogens is 3. The number of nitrogens with one attached hydrogen (secondary N) is 1. The number of nitrogens with two attached hydrogens (primary N) is 1. The van der Waals surface area contributed by atoms with Gasteiger partial charge in [0.1, 0.15) is 11.6 Å². The van der Waals surface area contributed by atoms with Crippen molar-refractivity contribution in [3.8, 4) is 0 Å². The number of halogens is 1. The Hall–Kier alpha value is -1.93. The van der Waals surface area contributed by atoms with Gasteiger partial charge in [-0.2, -0.15) is 0 Å². The van der Waals surface area contributed by atoms with Crippen LogP contribution in [0, 0.1) is 12.7 Å². The van der Waals surface area contributed by atoms with E-state index >= 15 is 0 Å². The summed E-state index contributed by atoms with van der Waals surface area (Å²) >= 11 is 1.24. The summed E-state index contributed by atoms with van der Waals surface area (Å²) in [5.41, 5.74) is 5.69. The number of benzene rings is 1. The minimum Gasteiger partial charge on any atom is -0.329 e. The molecule has 0 radical (unpaired) electrons. The van der Waals surface area contributed by atoms with Crippen LogP contribution in [0.3, 0.4) is 0 Å². The van der Waals surface area contributed by atoms with Crippen LogP contribution >= 0.6 is 11.8 Å². The fourth-order valence-electron chi connectivity index (χ4n) is 1.73. The largest absolute Gasteiger partial charge is 0.329 e. The molecule has 1 aromatic carbocycles. The Balaban J connectivity index is 1.94. The Labute approximate surface area is 125 Å². The number of para-hydroxylation sites is 1. The van der Waals surface area contributed by atoms with Crippen molar-refractivity contribution in [2.45, 2.75) is 18.6 Å². The van der Waals surface area contributed by atoms with Crippen molar-refractivity contribution in [1.82, 2.24) is 14.8 Å². The van der Waals surface area contributed by atoms with Gasteiger partial charge in [-0.15, -0.1) is 10.2 Å². The lowest BCUT2D eigenvalue weighted by molar-refractivity contribution is -0.113. The van der Waals surface area contributed by atoms with E-state index < -0.39 is 5.82 Å². The lowest BCUT2D eigenvalue weighted by atomic mass is 10.3. The topological polar surface area (TPSA) is 85.8 Å². The van der Waals surface area contributed by atoms with Crippen molar-refractivity contribution < 1.29 is 9.18 Å². The smallest absolute Gasteiger partial charge is 0.234 e. The van der Waals surface area contributed by atoms with E-state index in [1.54, 1.807) is 12.1 Å². The summed E-state index contributed by atoms with van der Waals surface area (Å²) < 4.78 is 15.3. The number of rotatable bonds is 6. The highest BCUT2D eigenvalue weighted by molar-refractivity contribution is 7.99. The van der Waals surface area contributed by atoms with Crippen LogP contribution in [0.5, 0.6) is 0 Å². The van der Waals surface area contributed by atoms with Crippen LogP contribution in [0.2, 0.25) is 0 Å². The van der Waals surface area contributed by atoms with Gasteiger partial charge >= 0.3 is 0 Å². The number of hydrogen-bond donors (Lipinski definition) is 2. The number of carbonyl (C=O) groups excluding carboxylic acids is 1. The summed E-state index contributed by atoms with van der Waals surface area (Å²) in [4.78, 5) is 11.8. The summed E-state index contributed by atoms with van der Waals surface area (Å²) in [5.74, 6) is 0.109. The number of anilines is 1. The SMILES string of the molecule is Cc1nnc(SCC(=O)Nc2ccccc2F)n1CCN. The number of hydrogen-bond acceptors (Lipinski definition) is 5. The highest BCUT2D eigenvalue weighted by atomic mass is 32.2. The molecule has 6 nitrogen and oxygen atoms in total. The first kappa shape index (κ1) is 15.5. The van der Waals surface area contributed by atoms with Gasteiger partial charge in [-0.3, -0.25) is 4.79 Å². The molecule has 0 bridgehead atoms. The monoisotopic (exact) mass is 309 g/mol. The molecule has 3 N–H and O–H groups in total. The van der Waals surface area contributed by atoms with E-state index in [4.69, 9.17) is 5.73 Å². The van der Waals surface area contributed by atoms with Crippen LogP contribution in [0.25, 0.3) is 0 Å². The molecule has 2 rings (SSSR count). The Morgan fingerprint density at radius 1 is 1.43 bits per heavy atom. The van der Waals surface area contributed by atoms with E-state index in [9.17, 15) is 9.18 Å². The summed E-state index contributed by atoms with van der Waals surface area (Å²) in [7, 11) is 0. The summed E-state index contributed by atoms with van der Waals surface area (Å²) in [6.07, 6.45) is 0. The average molecular weight is 309 g/mol. The molecule has 1 amide bonds. The molecule has 0 unspecified atom stereocenters. The predicted octanol–water partition coefficient (Wildman–Crippen LogP) is 1.42. The Bertz CT molecular complexity index is 631. The molecule has 0 fully saturated rings. The number of aryl methyl sites for hydroxylation is 1. The highest BCUT2D eigenvalue weighted by Crippen LogP contribution is 2.18. The van der Waals surface area contributed by atoms with Gasteiger partial charge in [0, 0.05) is 13.1 Å². The fraction of sp³-hybridized carbons (Fsp3) is 0.308. The third-order valence-electron chi connectivity index (χ3n) is 2.73. The van der Waals surface area contributed by atoms with Crippen LogP contribution in [-0.4, -0.2) is 33.0 Å². The number of thioether (sulfide) groups is 1. The summed E-state index contributed by atoms with van der Waals surface area (Å²) in [6, 6.07) is 6.04. The number of amides is 1. The first-order valence-corrected chi connectivity index (χ1v) is 7.37. The van der Waals surface area contributed by atoms with E-state index in [1.807, 2.05) is 11.5 Å². The molecule has 0 aliphatic rings. The second kappa shape index (κ2) is 7.19. The van der Waals surface area contributed by atoms with Gasteiger partial charge in [0.25, 0.3) is 0 Å². The van der Waals surface area contributed by atoms with Crippen LogP contribution in [0.4, 0.5) is 10.1 Å². The first-order valence-electron chi connectivity index (χ1n) is 6.39. The van der Waals surface area contributed by atoms with E-state index in [-0.39, 0.29) is 17.3 Å². The van der Waals surface area contributed by atoms with Crippen LogP contribution < -0.4 is 11.1 Å². The zero-order valence-electron chi connectivity index (χ0n) is 11.5. The van der Waals surface area contributed by atoms with Gasteiger partial charge in [-0.1, -0.05) is 23.9 Å². The van der Waals surface area contributed by atoms with Gasteiger partial charge in [0.05, 0.1) is 11.4 Å². The second-order valence-electron chi connectivity index (χ2n) is 4.29. The Kier molecular flexibility index (Phi) is 5.29. The van der Waals surface area contributed by atoms with Crippen molar-refractivity contribution in [3.05, 3.63) is 35.9 Å². The van der Waals surface area contributed by atoms with E-state index in [0.717, 1.165) is 5.82 Å². The molecular weight excluding hydrogens is 293 g/mol. The third kappa shape index (κ3) is 4.02. The molecule has 0 saturated carbocycles. The zero-order chi connectivity index (χ0) is 15.2. The molecule has 0 saturated heterocycles. The molecular formula is C13H16FN5OS.